The fourth-order valence-corrected chi connectivity index (χ4v) is 3.75. The van der Waals surface area contributed by atoms with Crippen LogP contribution in [-0.4, -0.2) is 24.0 Å². The SMILES string of the molecule is CCN(CC)C1C=CC(c2ccccc2)(c2ccccc2)C1.Cl. The van der Waals surface area contributed by atoms with Gasteiger partial charge in [-0.2, -0.15) is 0 Å². The predicted molar refractivity (Wildman–Crippen MR) is 101 cm³/mol. The second-order valence-electron chi connectivity index (χ2n) is 6.06. The van der Waals surface area contributed by atoms with E-state index in [0.29, 0.717) is 6.04 Å². The molecule has 0 bridgehead atoms. The molecule has 122 valence electrons. The molecular formula is C21H26ClN. The number of hydrogen-bond donors (Lipinski definition) is 0. The van der Waals surface area contributed by atoms with Crippen LogP contribution in [0.1, 0.15) is 31.4 Å². The average Bonchev–Trinajstić information content (AvgIpc) is 3.04. The van der Waals surface area contributed by atoms with E-state index in [-0.39, 0.29) is 17.8 Å². The molecule has 1 atom stereocenters. The highest BCUT2D eigenvalue weighted by atomic mass is 35.5. The van der Waals surface area contributed by atoms with E-state index in [4.69, 9.17) is 0 Å². The Kier molecular flexibility index (Phi) is 6.04. The first kappa shape index (κ1) is 17.8. The molecular weight excluding hydrogens is 302 g/mol. The normalized spacial score (nSPS) is 18.8. The molecule has 2 aromatic carbocycles. The van der Waals surface area contributed by atoms with Gasteiger partial charge < -0.3 is 0 Å². The van der Waals surface area contributed by atoms with Gasteiger partial charge in [0.1, 0.15) is 0 Å². The van der Waals surface area contributed by atoms with Crippen LogP contribution in [0.25, 0.3) is 0 Å². The first-order valence-corrected chi connectivity index (χ1v) is 8.34. The molecule has 0 radical (unpaired) electrons. The fraction of sp³-hybridized carbons (Fsp3) is 0.333. The summed E-state index contributed by atoms with van der Waals surface area (Å²) < 4.78 is 0. The number of hydrogen-bond acceptors (Lipinski definition) is 1. The van der Waals surface area contributed by atoms with Gasteiger partial charge in [-0.05, 0) is 30.6 Å². The van der Waals surface area contributed by atoms with E-state index in [9.17, 15) is 0 Å². The third-order valence-electron chi connectivity index (χ3n) is 4.99. The van der Waals surface area contributed by atoms with Crippen LogP contribution in [0.15, 0.2) is 72.8 Å². The van der Waals surface area contributed by atoms with Gasteiger partial charge in [0.15, 0.2) is 0 Å². The standard InChI is InChI=1S/C21H25N.ClH/c1-3-22(4-2)20-15-16-21(17-20,18-11-7-5-8-12-18)19-13-9-6-10-14-19;/h5-16,20H,3-4,17H2,1-2H3;1H. The quantitative estimate of drug-likeness (QED) is 0.693. The number of benzene rings is 2. The van der Waals surface area contributed by atoms with Crippen molar-refractivity contribution in [1.82, 2.24) is 4.90 Å². The van der Waals surface area contributed by atoms with Crippen LogP contribution in [0.4, 0.5) is 0 Å². The summed E-state index contributed by atoms with van der Waals surface area (Å²) in [5.74, 6) is 0. The Hall–Kier alpha value is -1.57. The molecule has 0 aliphatic heterocycles. The van der Waals surface area contributed by atoms with Crippen molar-refractivity contribution in [3.63, 3.8) is 0 Å². The second kappa shape index (κ2) is 7.81. The minimum absolute atomic E-state index is 0. The van der Waals surface area contributed by atoms with E-state index in [1.54, 1.807) is 0 Å². The van der Waals surface area contributed by atoms with Crippen molar-refractivity contribution >= 4 is 12.4 Å². The molecule has 0 saturated carbocycles. The van der Waals surface area contributed by atoms with Gasteiger partial charge in [0.05, 0.1) is 0 Å². The molecule has 1 aliphatic rings. The van der Waals surface area contributed by atoms with Crippen LogP contribution < -0.4 is 0 Å². The molecule has 0 fully saturated rings. The highest BCUT2D eigenvalue weighted by molar-refractivity contribution is 5.85. The van der Waals surface area contributed by atoms with Gasteiger partial charge in [-0.1, -0.05) is 86.7 Å². The lowest BCUT2D eigenvalue weighted by Crippen LogP contribution is -2.36. The Bertz CT molecular complexity index is 577. The Labute approximate surface area is 146 Å². The molecule has 2 aromatic rings. The summed E-state index contributed by atoms with van der Waals surface area (Å²) in [6, 6.07) is 22.4. The molecule has 0 N–H and O–H groups in total. The third-order valence-corrected chi connectivity index (χ3v) is 4.99. The summed E-state index contributed by atoms with van der Waals surface area (Å²) in [6.07, 6.45) is 5.97. The molecule has 0 aromatic heterocycles. The summed E-state index contributed by atoms with van der Waals surface area (Å²) in [5.41, 5.74) is 2.80. The minimum atomic E-state index is 0. The van der Waals surface area contributed by atoms with Crippen molar-refractivity contribution < 1.29 is 0 Å². The molecule has 0 spiro atoms. The lowest BCUT2D eigenvalue weighted by molar-refractivity contribution is 0.239. The first-order valence-electron chi connectivity index (χ1n) is 8.34. The van der Waals surface area contributed by atoms with Crippen LogP contribution >= 0.6 is 12.4 Å². The van der Waals surface area contributed by atoms with E-state index in [1.165, 1.54) is 11.1 Å². The van der Waals surface area contributed by atoms with Gasteiger partial charge in [0.25, 0.3) is 0 Å². The lowest BCUT2D eigenvalue weighted by atomic mass is 9.73. The molecule has 3 rings (SSSR count). The van der Waals surface area contributed by atoms with Crippen LogP contribution in [0.3, 0.4) is 0 Å². The first-order chi connectivity index (χ1) is 10.8. The van der Waals surface area contributed by atoms with E-state index in [0.717, 1.165) is 19.5 Å². The fourth-order valence-electron chi connectivity index (χ4n) is 3.75. The van der Waals surface area contributed by atoms with Crippen molar-refractivity contribution in [2.24, 2.45) is 0 Å². The summed E-state index contributed by atoms with van der Waals surface area (Å²) in [7, 11) is 0. The number of rotatable bonds is 5. The molecule has 1 nitrogen and oxygen atoms in total. The molecule has 1 unspecified atom stereocenters. The van der Waals surface area contributed by atoms with Crippen molar-refractivity contribution in [2.45, 2.75) is 31.7 Å². The van der Waals surface area contributed by atoms with E-state index in [1.807, 2.05) is 0 Å². The zero-order valence-electron chi connectivity index (χ0n) is 14.0. The zero-order valence-corrected chi connectivity index (χ0v) is 14.8. The number of halogens is 1. The van der Waals surface area contributed by atoms with E-state index < -0.39 is 0 Å². The summed E-state index contributed by atoms with van der Waals surface area (Å²) in [6.45, 7) is 6.71. The van der Waals surface area contributed by atoms with Gasteiger partial charge in [-0.3, -0.25) is 4.90 Å². The third kappa shape index (κ3) is 3.36. The van der Waals surface area contributed by atoms with Gasteiger partial charge in [0.2, 0.25) is 0 Å². The Morgan fingerprint density at radius 2 is 1.35 bits per heavy atom. The van der Waals surface area contributed by atoms with Gasteiger partial charge in [-0.15, -0.1) is 12.4 Å². The van der Waals surface area contributed by atoms with Gasteiger partial charge >= 0.3 is 0 Å². The van der Waals surface area contributed by atoms with Crippen molar-refractivity contribution in [3.8, 4) is 0 Å². The average molecular weight is 328 g/mol. The molecule has 1 aliphatic carbocycles. The van der Waals surface area contributed by atoms with Gasteiger partial charge in [-0.25, -0.2) is 0 Å². The van der Waals surface area contributed by atoms with Gasteiger partial charge in [0, 0.05) is 11.5 Å². The highest BCUT2D eigenvalue weighted by Crippen LogP contribution is 2.43. The van der Waals surface area contributed by atoms with Crippen LogP contribution in [0, 0.1) is 0 Å². The molecule has 0 amide bonds. The van der Waals surface area contributed by atoms with E-state index in [2.05, 4.69) is 91.6 Å². The van der Waals surface area contributed by atoms with Crippen LogP contribution in [-0.2, 0) is 5.41 Å². The van der Waals surface area contributed by atoms with Crippen LogP contribution in [0.5, 0.6) is 0 Å². The maximum Gasteiger partial charge on any atom is 0.0400 e. The predicted octanol–water partition coefficient (Wildman–Crippen LogP) is 5.06. The molecule has 23 heavy (non-hydrogen) atoms. The zero-order chi connectivity index (χ0) is 15.4. The maximum absolute atomic E-state index is 2.55. The molecule has 0 heterocycles. The Morgan fingerprint density at radius 3 is 1.78 bits per heavy atom. The number of likely N-dealkylation sites (N-methyl/N-ethyl adjacent to an activating group) is 1. The number of nitrogens with zero attached hydrogens (tertiary/aromatic N) is 1. The number of allylic oxidation sites excluding steroid dienone is 1. The van der Waals surface area contributed by atoms with E-state index >= 15 is 0 Å². The Morgan fingerprint density at radius 1 is 0.870 bits per heavy atom. The molecule has 2 heteroatoms. The second-order valence-corrected chi connectivity index (χ2v) is 6.06. The smallest absolute Gasteiger partial charge is 0.0400 e. The van der Waals surface area contributed by atoms with Crippen molar-refractivity contribution in [2.75, 3.05) is 13.1 Å². The largest absolute Gasteiger partial charge is 0.297 e. The minimum Gasteiger partial charge on any atom is -0.297 e. The molecule has 0 saturated heterocycles. The summed E-state index contributed by atoms with van der Waals surface area (Å²) >= 11 is 0. The Balaban J connectivity index is 0.00000192. The van der Waals surface area contributed by atoms with Crippen molar-refractivity contribution in [3.05, 3.63) is 83.9 Å². The summed E-state index contributed by atoms with van der Waals surface area (Å²) in [4.78, 5) is 2.55. The topological polar surface area (TPSA) is 3.24 Å². The maximum atomic E-state index is 2.55. The van der Waals surface area contributed by atoms with Crippen molar-refractivity contribution in [1.29, 1.82) is 0 Å². The lowest BCUT2D eigenvalue weighted by Gasteiger charge is -2.33. The van der Waals surface area contributed by atoms with Crippen LogP contribution in [0.2, 0.25) is 0 Å². The monoisotopic (exact) mass is 327 g/mol. The summed E-state index contributed by atoms with van der Waals surface area (Å²) in [5, 5.41) is 0. The highest BCUT2D eigenvalue weighted by Gasteiger charge is 2.39.